The molecule has 0 unspecified atom stereocenters. The molecule has 0 N–H and O–H groups in total. The molecule has 30 heavy (non-hydrogen) atoms. The van der Waals surface area contributed by atoms with Crippen LogP contribution in [0.1, 0.15) is 34.1 Å². The summed E-state index contributed by atoms with van der Waals surface area (Å²) >= 11 is 0. The SMILES string of the molecule is CCOC(=O)c1cc(C(=O)OCCCn2c(=O)oc3ccccc32)cc([N+](=O)[O-])c1. The number of nitrogens with zero attached hydrogens (tertiary/aromatic N) is 2. The zero-order valence-electron chi connectivity index (χ0n) is 16.0. The lowest BCUT2D eigenvalue weighted by Crippen LogP contribution is -2.16. The van der Waals surface area contributed by atoms with Gasteiger partial charge in [0.25, 0.3) is 5.69 Å². The predicted molar refractivity (Wildman–Crippen MR) is 104 cm³/mol. The summed E-state index contributed by atoms with van der Waals surface area (Å²) in [5.74, 6) is -2.12. The number of nitro benzene ring substituents is 1. The first kappa shape index (κ1) is 20.8. The van der Waals surface area contributed by atoms with Crippen molar-refractivity contribution in [3.63, 3.8) is 0 Å². The van der Waals surface area contributed by atoms with Gasteiger partial charge in [-0.1, -0.05) is 12.1 Å². The van der Waals surface area contributed by atoms with E-state index >= 15 is 0 Å². The average Bonchev–Trinajstić information content (AvgIpc) is 3.05. The van der Waals surface area contributed by atoms with E-state index in [-0.39, 0.29) is 30.9 Å². The van der Waals surface area contributed by atoms with Crippen molar-refractivity contribution in [1.29, 1.82) is 0 Å². The number of carbonyl (C=O) groups is 2. The van der Waals surface area contributed by atoms with E-state index in [9.17, 15) is 24.5 Å². The largest absolute Gasteiger partial charge is 0.462 e. The van der Waals surface area contributed by atoms with E-state index in [0.29, 0.717) is 17.5 Å². The molecular formula is C20H18N2O8. The van der Waals surface area contributed by atoms with E-state index in [4.69, 9.17) is 13.9 Å². The van der Waals surface area contributed by atoms with Crippen molar-refractivity contribution >= 4 is 28.7 Å². The number of rotatable bonds is 8. The van der Waals surface area contributed by atoms with Crippen molar-refractivity contribution in [3.8, 4) is 0 Å². The second-order valence-electron chi connectivity index (χ2n) is 6.22. The van der Waals surface area contributed by atoms with Crippen molar-refractivity contribution in [2.24, 2.45) is 0 Å². The maximum atomic E-state index is 12.3. The number of benzene rings is 2. The summed E-state index contributed by atoms with van der Waals surface area (Å²) in [5, 5.41) is 11.1. The Morgan fingerprint density at radius 2 is 1.77 bits per heavy atom. The second-order valence-corrected chi connectivity index (χ2v) is 6.22. The first-order chi connectivity index (χ1) is 14.4. The van der Waals surface area contributed by atoms with Gasteiger partial charge in [-0.3, -0.25) is 14.7 Å². The first-order valence-corrected chi connectivity index (χ1v) is 9.12. The molecule has 0 saturated carbocycles. The van der Waals surface area contributed by atoms with Crippen LogP contribution >= 0.6 is 0 Å². The highest BCUT2D eigenvalue weighted by Gasteiger charge is 2.19. The Labute approximate surface area is 169 Å². The van der Waals surface area contributed by atoms with E-state index in [1.165, 1.54) is 10.6 Å². The summed E-state index contributed by atoms with van der Waals surface area (Å²) in [7, 11) is 0. The number of fused-ring (bicyclic) bond motifs is 1. The van der Waals surface area contributed by atoms with E-state index in [1.807, 2.05) is 0 Å². The van der Waals surface area contributed by atoms with Crippen LogP contribution in [0.3, 0.4) is 0 Å². The maximum Gasteiger partial charge on any atom is 0.419 e. The van der Waals surface area contributed by atoms with Gasteiger partial charge in [0, 0.05) is 18.7 Å². The maximum absolute atomic E-state index is 12.3. The van der Waals surface area contributed by atoms with E-state index in [0.717, 1.165) is 12.1 Å². The second kappa shape index (κ2) is 9.03. The summed E-state index contributed by atoms with van der Waals surface area (Å²) in [4.78, 5) is 46.5. The number of para-hydroxylation sites is 2. The molecule has 3 rings (SSSR count). The van der Waals surface area contributed by atoms with Gasteiger partial charge in [0.15, 0.2) is 5.58 Å². The van der Waals surface area contributed by atoms with Gasteiger partial charge in [0.05, 0.1) is 34.8 Å². The Morgan fingerprint density at radius 1 is 1.10 bits per heavy atom. The third kappa shape index (κ3) is 4.54. The number of esters is 2. The van der Waals surface area contributed by atoms with Crippen molar-refractivity contribution in [1.82, 2.24) is 4.57 Å². The number of non-ortho nitro benzene ring substituents is 1. The fraction of sp³-hybridized carbons (Fsp3) is 0.250. The topological polar surface area (TPSA) is 131 Å². The molecule has 156 valence electrons. The van der Waals surface area contributed by atoms with Crippen molar-refractivity contribution < 1.29 is 28.4 Å². The monoisotopic (exact) mass is 414 g/mol. The number of oxazole rings is 1. The molecule has 0 atom stereocenters. The first-order valence-electron chi connectivity index (χ1n) is 9.12. The van der Waals surface area contributed by atoms with Gasteiger partial charge in [-0.05, 0) is 31.5 Å². The smallest absolute Gasteiger partial charge is 0.419 e. The molecule has 0 radical (unpaired) electrons. The Bertz CT molecular complexity index is 1160. The zero-order valence-corrected chi connectivity index (χ0v) is 16.0. The van der Waals surface area contributed by atoms with Crippen LogP contribution in [0.25, 0.3) is 11.1 Å². The van der Waals surface area contributed by atoms with Gasteiger partial charge in [-0.15, -0.1) is 0 Å². The molecule has 0 amide bonds. The standard InChI is InChI=1S/C20H18N2O8/c1-2-28-18(23)13-10-14(12-15(11-13)22(26)27)19(24)29-9-5-8-21-16-6-3-4-7-17(16)30-20(21)25/h3-4,6-7,10-12H,2,5,8-9H2,1H3. The molecular weight excluding hydrogens is 396 g/mol. The minimum atomic E-state index is -0.825. The highest BCUT2D eigenvalue weighted by atomic mass is 16.6. The molecule has 1 aromatic heterocycles. The van der Waals surface area contributed by atoms with Crippen molar-refractivity contribution in [3.05, 3.63) is 74.3 Å². The lowest BCUT2D eigenvalue weighted by atomic mass is 10.1. The van der Waals surface area contributed by atoms with Gasteiger partial charge < -0.3 is 13.9 Å². The number of hydrogen-bond donors (Lipinski definition) is 0. The number of carbonyl (C=O) groups excluding carboxylic acids is 2. The zero-order chi connectivity index (χ0) is 21.7. The average molecular weight is 414 g/mol. The third-order valence-electron chi connectivity index (χ3n) is 4.21. The minimum absolute atomic E-state index is 0.0395. The van der Waals surface area contributed by atoms with Gasteiger partial charge in [-0.25, -0.2) is 14.4 Å². The van der Waals surface area contributed by atoms with Crippen LogP contribution in [0.5, 0.6) is 0 Å². The minimum Gasteiger partial charge on any atom is -0.462 e. The molecule has 0 fully saturated rings. The number of aromatic nitrogens is 1. The lowest BCUT2D eigenvalue weighted by Gasteiger charge is -2.07. The quantitative estimate of drug-likeness (QED) is 0.238. The summed E-state index contributed by atoms with van der Waals surface area (Å²) in [6.07, 6.45) is 0.314. The van der Waals surface area contributed by atoms with E-state index in [2.05, 4.69) is 0 Å². The normalized spacial score (nSPS) is 10.7. The van der Waals surface area contributed by atoms with Crippen LogP contribution in [0.4, 0.5) is 5.69 Å². The molecule has 1 heterocycles. The van der Waals surface area contributed by atoms with Crippen LogP contribution < -0.4 is 5.76 Å². The summed E-state index contributed by atoms with van der Waals surface area (Å²) in [5.41, 5.74) is 0.408. The number of nitro groups is 1. The lowest BCUT2D eigenvalue weighted by molar-refractivity contribution is -0.384. The summed E-state index contributed by atoms with van der Waals surface area (Å²) in [6, 6.07) is 10.2. The van der Waals surface area contributed by atoms with Gasteiger partial charge in [0.2, 0.25) is 0 Å². The highest BCUT2D eigenvalue weighted by Crippen LogP contribution is 2.19. The molecule has 10 heteroatoms. The van der Waals surface area contributed by atoms with Crippen molar-refractivity contribution in [2.75, 3.05) is 13.2 Å². The molecule has 0 saturated heterocycles. The van der Waals surface area contributed by atoms with Crippen molar-refractivity contribution in [2.45, 2.75) is 19.9 Å². The highest BCUT2D eigenvalue weighted by molar-refractivity contribution is 5.96. The molecule has 0 bridgehead atoms. The number of ether oxygens (including phenoxy) is 2. The Kier molecular flexibility index (Phi) is 6.26. The molecule has 2 aromatic carbocycles. The van der Waals surface area contributed by atoms with Gasteiger partial charge in [-0.2, -0.15) is 0 Å². The van der Waals surface area contributed by atoms with Gasteiger partial charge in [0.1, 0.15) is 0 Å². The van der Waals surface area contributed by atoms with Crippen LogP contribution in [0.2, 0.25) is 0 Å². The molecule has 0 aliphatic rings. The predicted octanol–water partition coefficient (Wildman–Crippen LogP) is 2.93. The Balaban J connectivity index is 1.67. The Hall–Kier alpha value is -3.95. The number of hydrogen-bond acceptors (Lipinski definition) is 8. The molecule has 0 aliphatic heterocycles. The third-order valence-corrected chi connectivity index (χ3v) is 4.21. The summed E-state index contributed by atoms with van der Waals surface area (Å²) in [6.45, 7) is 1.90. The number of aryl methyl sites for hydroxylation is 1. The summed E-state index contributed by atoms with van der Waals surface area (Å²) < 4.78 is 16.5. The molecule has 3 aromatic rings. The molecule has 0 aliphatic carbocycles. The van der Waals surface area contributed by atoms with Crippen LogP contribution in [0, 0.1) is 10.1 Å². The molecule has 10 nitrogen and oxygen atoms in total. The van der Waals surface area contributed by atoms with E-state index in [1.54, 1.807) is 31.2 Å². The molecule has 0 spiro atoms. The Morgan fingerprint density at radius 3 is 2.43 bits per heavy atom. The fourth-order valence-corrected chi connectivity index (χ4v) is 2.86. The van der Waals surface area contributed by atoms with Crippen LogP contribution in [-0.2, 0) is 16.0 Å². The van der Waals surface area contributed by atoms with E-state index < -0.39 is 28.3 Å². The fourth-order valence-electron chi connectivity index (χ4n) is 2.86. The van der Waals surface area contributed by atoms with Crippen LogP contribution in [0.15, 0.2) is 51.7 Å². The van der Waals surface area contributed by atoms with Gasteiger partial charge >= 0.3 is 17.7 Å². The van der Waals surface area contributed by atoms with Crippen LogP contribution in [-0.4, -0.2) is 34.6 Å².